The van der Waals surface area contributed by atoms with Crippen molar-refractivity contribution in [3.05, 3.63) is 77.3 Å². The highest BCUT2D eigenvalue weighted by molar-refractivity contribution is 7.21. The number of nitrogens with zero attached hydrogens (tertiary/aromatic N) is 2. The van der Waals surface area contributed by atoms with Crippen LogP contribution in [0.15, 0.2) is 71.8 Å². The first-order valence-corrected chi connectivity index (χ1v) is 9.89. The van der Waals surface area contributed by atoms with Crippen molar-refractivity contribution in [1.29, 1.82) is 0 Å². The Kier molecular flexibility index (Phi) is 5.14. The first-order valence-electron chi connectivity index (χ1n) is 9.08. The normalized spacial score (nSPS) is 11.9. The van der Waals surface area contributed by atoms with Gasteiger partial charge in [0.25, 0.3) is 5.56 Å². The van der Waals surface area contributed by atoms with Crippen molar-refractivity contribution < 1.29 is 9.53 Å². The second-order valence-electron chi connectivity index (χ2n) is 6.55. The number of hydrogen-bond donors (Lipinski definition) is 1. The monoisotopic (exact) mass is 405 g/mol. The van der Waals surface area contributed by atoms with Gasteiger partial charge in [-0.2, -0.15) is 0 Å². The van der Waals surface area contributed by atoms with Gasteiger partial charge in [-0.3, -0.25) is 14.2 Å². The van der Waals surface area contributed by atoms with Gasteiger partial charge in [0.1, 0.15) is 16.6 Å². The third-order valence-corrected chi connectivity index (χ3v) is 5.78. The summed E-state index contributed by atoms with van der Waals surface area (Å²) in [6.07, 6.45) is 1.44. The molecule has 1 amide bonds. The van der Waals surface area contributed by atoms with E-state index in [4.69, 9.17) is 4.74 Å². The minimum atomic E-state index is -0.707. The summed E-state index contributed by atoms with van der Waals surface area (Å²) in [5.74, 6) is 0.408. The summed E-state index contributed by atoms with van der Waals surface area (Å²) in [7, 11) is 1.58. The van der Waals surface area contributed by atoms with Gasteiger partial charge in [0, 0.05) is 10.6 Å². The Morgan fingerprint density at radius 2 is 1.86 bits per heavy atom. The topological polar surface area (TPSA) is 73.2 Å². The van der Waals surface area contributed by atoms with Crippen LogP contribution < -0.4 is 15.6 Å². The number of hydrogen-bond acceptors (Lipinski definition) is 5. The molecule has 0 saturated carbocycles. The third kappa shape index (κ3) is 3.77. The number of benzene rings is 2. The Labute approximate surface area is 171 Å². The first-order chi connectivity index (χ1) is 14.1. The van der Waals surface area contributed by atoms with Crippen LogP contribution in [0.25, 0.3) is 20.7 Å². The molecule has 4 rings (SSSR count). The smallest absolute Gasteiger partial charge is 0.262 e. The number of aromatic nitrogens is 2. The van der Waals surface area contributed by atoms with Gasteiger partial charge in [-0.15, -0.1) is 11.3 Å². The van der Waals surface area contributed by atoms with Crippen molar-refractivity contribution in [1.82, 2.24) is 9.55 Å². The number of amides is 1. The molecule has 146 valence electrons. The van der Waals surface area contributed by atoms with Gasteiger partial charge in [0.05, 0.1) is 18.8 Å². The maximum atomic E-state index is 13.0. The van der Waals surface area contributed by atoms with Crippen LogP contribution in [0.2, 0.25) is 0 Å². The van der Waals surface area contributed by atoms with Crippen molar-refractivity contribution in [2.75, 3.05) is 12.4 Å². The van der Waals surface area contributed by atoms with Gasteiger partial charge >= 0.3 is 0 Å². The number of nitrogens with one attached hydrogen (secondary N) is 1. The Bertz CT molecular complexity index is 1210. The van der Waals surface area contributed by atoms with Crippen molar-refractivity contribution in [3.8, 4) is 16.2 Å². The molecule has 6 nitrogen and oxygen atoms in total. The summed E-state index contributed by atoms with van der Waals surface area (Å²) in [5, 5.41) is 3.33. The van der Waals surface area contributed by atoms with E-state index in [0.29, 0.717) is 21.7 Å². The van der Waals surface area contributed by atoms with Gasteiger partial charge < -0.3 is 10.1 Å². The molecule has 7 heteroatoms. The molecule has 0 aliphatic rings. The summed E-state index contributed by atoms with van der Waals surface area (Å²) in [6.45, 7) is 1.68. The van der Waals surface area contributed by atoms with E-state index in [-0.39, 0.29) is 11.5 Å². The molecule has 2 aromatic carbocycles. The molecule has 2 aromatic heterocycles. The molecule has 29 heavy (non-hydrogen) atoms. The molecule has 0 fully saturated rings. The standard InChI is InChI=1S/C22H19N3O3S/c1-14(20(26)24-16-8-10-17(28-2)11-9-16)25-13-23-21-18(22(25)27)12-19(29-21)15-6-4-3-5-7-15/h3-14H,1-2H3,(H,24,26)/t14-/m1/s1. The molecule has 0 aliphatic heterocycles. The molecule has 1 atom stereocenters. The maximum absolute atomic E-state index is 13.0. The van der Waals surface area contributed by atoms with Crippen molar-refractivity contribution in [2.45, 2.75) is 13.0 Å². The van der Waals surface area contributed by atoms with Crippen LogP contribution in [0.4, 0.5) is 5.69 Å². The van der Waals surface area contributed by atoms with Crippen LogP contribution in [0.5, 0.6) is 5.75 Å². The molecule has 0 saturated heterocycles. The third-order valence-electron chi connectivity index (χ3n) is 4.69. The highest BCUT2D eigenvalue weighted by Gasteiger charge is 2.19. The van der Waals surface area contributed by atoms with Crippen LogP contribution in [-0.4, -0.2) is 22.6 Å². The molecule has 2 heterocycles. The van der Waals surface area contributed by atoms with Gasteiger partial charge in [-0.1, -0.05) is 30.3 Å². The van der Waals surface area contributed by atoms with Crippen molar-refractivity contribution >= 4 is 33.1 Å². The van der Waals surface area contributed by atoms with Crippen LogP contribution in [0, 0.1) is 0 Å². The van der Waals surface area contributed by atoms with Gasteiger partial charge in [-0.05, 0) is 42.8 Å². The number of methoxy groups -OCH3 is 1. The fourth-order valence-electron chi connectivity index (χ4n) is 3.00. The minimum Gasteiger partial charge on any atom is -0.497 e. The van der Waals surface area contributed by atoms with Crippen molar-refractivity contribution in [2.24, 2.45) is 0 Å². The number of fused-ring (bicyclic) bond motifs is 1. The van der Waals surface area contributed by atoms with E-state index in [2.05, 4.69) is 10.3 Å². The zero-order valence-corrected chi connectivity index (χ0v) is 16.8. The van der Waals surface area contributed by atoms with E-state index in [0.717, 1.165) is 10.4 Å². The molecule has 1 N–H and O–H groups in total. The highest BCUT2D eigenvalue weighted by Crippen LogP contribution is 2.30. The Morgan fingerprint density at radius 3 is 2.55 bits per heavy atom. The van der Waals surface area contributed by atoms with Gasteiger partial charge in [-0.25, -0.2) is 4.98 Å². The summed E-state index contributed by atoms with van der Waals surface area (Å²) >= 11 is 1.46. The van der Waals surface area contributed by atoms with E-state index in [1.54, 1.807) is 38.3 Å². The number of thiophene rings is 1. The average Bonchev–Trinajstić information content (AvgIpc) is 3.20. The predicted molar refractivity (Wildman–Crippen MR) is 116 cm³/mol. The average molecular weight is 405 g/mol. The Morgan fingerprint density at radius 1 is 1.14 bits per heavy atom. The maximum Gasteiger partial charge on any atom is 0.262 e. The van der Waals surface area contributed by atoms with E-state index in [1.807, 2.05) is 36.4 Å². The largest absolute Gasteiger partial charge is 0.497 e. The minimum absolute atomic E-state index is 0.231. The molecule has 0 bridgehead atoms. The number of anilines is 1. The number of rotatable bonds is 5. The van der Waals surface area contributed by atoms with Crippen LogP contribution in [-0.2, 0) is 4.79 Å². The fraction of sp³-hybridized carbons (Fsp3) is 0.136. The molecular weight excluding hydrogens is 386 g/mol. The van der Waals surface area contributed by atoms with E-state index in [1.165, 1.54) is 22.2 Å². The Hall–Kier alpha value is -3.45. The van der Waals surface area contributed by atoms with Crippen LogP contribution >= 0.6 is 11.3 Å². The quantitative estimate of drug-likeness (QED) is 0.536. The van der Waals surface area contributed by atoms with Crippen LogP contribution in [0.3, 0.4) is 0 Å². The first kappa shape index (κ1) is 18.9. The summed E-state index contributed by atoms with van der Waals surface area (Å²) in [6, 6.07) is 18.0. The summed E-state index contributed by atoms with van der Waals surface area (Å²) in [5.41, 5.74) is 1.43. The number of carbonyl (C=O) groups is 1. The SMILES string of the molecule is COc1ccc(NC(=O)[C@@H](C)n2cnc3sc(-c4ccccc4)cc3c2=O)cc1. The summed E-state index contributed by atoms with van der Waals surface area (Å²) in [4.78, 5) is 31.7. The molecule has 4 aromatic rings. The number of ether oxygens (including phenoxy) is 1. The van der Waals surface area contributed by atoms with E-state index in [9.17, 15) is 9.59 Å². The molecular formula is C22H19N3O3S. The lowest BCUT2D eigenvalue weighted by molar-refractivity contribution is -0.118. The second kappa shape index (κ2) is 7.89. The highest BCUT2D eigenvalue weighted by atomic mass is 32.1. The van der Waals surface area contributed by atoms with Gasteiger partial charge in [0.15, 0.2) is 0 Å². The Balaban J connectivity index is 1.61. The molecule has 0 spiro atoms. The number of carbonyl (C=O) groups excluding carboxylic acids is 1. The summed E-state index contributed by atoms with van der Waals surface area (Å²) < 4.78 is 6.48. The lowest BCUT2D eigenvalue weighted by Gasteiger charge is -2.15. The fourth-order valence-corrected chi connectivity index (χ4v) is 4.00. The zero-order valence-electron chi connectivity index (χ0n) is 16.0. The zero-order chi connectivity index (χ0) is 20.4. The predicted octanol–water partition coefficient (Wildman–Crippen LogP) is 4.33. The van der Waals surface area contributed by atoms with Gasteiger partial charge in [0.2, 0.25) is 5.91 Å². The lowest BCUT2D eigenvalue weighted by atomic mass is 10.2. The molecule has 0 aliphatic carbocycles. The van der Waals surface area contributed by atoms with Crippen LogP contribution in [0.1, 0.15) is 13.0 Å². The second-order valence-corrected chi connectivity index (χ2v) is 7.58. The van der Waals surface area contributed by atoms with E-state index >= 15 is 0 Å². The van der Waals surface area contributed by atoms with E-state index < -0.39 is 6.04 Å². The molecule has 0 radical (unpaired) electrons. The van der Waals surface area contributed by atoms with Crippen molar-refractivity contribution in [3.63, 3.8) is 0 Å². The molecule has 0 unspecified atom stereocenters. The lowest BCUT2D eigenvalue weighted by Crippen LogP contribution is -2.31.